The zero-order valence-electron chi connectivity index (χ0n) is 12.1. The van der Waals surface area contributed by atoms with Gasteiger partial charge in [0, 0.05) is 19.6 Å². The lowest BCUT2D eigenvalue weighted by molar-refractivity contribution is -0.142. The molecular formula is C15H24N2O3. The van der Waals surface area contributed by atoms with Gasteiger partial charge in [-0.05, 0) is 38.0 Å². The van der Waals surface area contributed by atoms with Gasteiger partial charge in [0.25, 0.3) is 0 Å². The first-order valence-corrected chi connectivity index (χ1v) is 7.51. The number of nitrogens with one attached hydrogen (secondary N) is 1. The topological polar surface area (TPSA) is 69.6 Å². The van der Waals surface area contributed by atoms with Crippen LogP contribution in [0.15, 0.2) is 11.6 Å². The summed E-state index contributed by atoms with van der Waals surface area (Å²) in [5, 5.41) is 12.0. The van der Waals surface area contributed by atoms with Crippen LogP contribution in [-0.4, -0.2) is 41.6 Å². The van der Waals surface area contributed by atoms with Gasteiger partial charge >= 0.3 is 12.0 Å². The molecule has 0 saturated carbocycles. The Labute approximate surface area is 120 Å². The van der Waals surface area contributed by atoms with E-state index in [0.717, 1.165) is 19.3 Å². The van der Waals surface area contributed by atoms with E-state index in [9.17, 15) is 9.59 Å². The molecular weight excluding hydrogens is 256 g/mol. The molecule has 0 radical (unpaired) electrons. The fourth-order valence-electron chi connectivity index (χ4n) is 3.03. The first-order valence-electron chi connectivity index (χ1n) is 7.51. The number of carbonyl (C=O) groups excluding carboxylic acids is 1. The molecule has 1 heterocycles. The normalized spacial score (nSPS) is 26.2. The van der Waals surface area contributed by atoms with Gasteiger partial charge in [0.1, 0.15) is 0 Å². The third kappa shape index (κ3) is 3.74. The van der Waals surface area contributed by atoms with Crippen molar-refractivity contribution in [3.8, 4) is 0 Å². The standard InChI is InChI=1S/C15H24N2O3/c1-11-9-17(10-13(11)14(18)19)15(20)16-8-7-12-5-3-2-4-6-12/h5,11,13H,2-4,6-10H2,1H3,(H,16,20)(H,18,19)/t11-,13-/m1/s1. The molecule has 1 aliphatic carbocycles. The predicted molar refractivity (Wildman–Crippen MR) is 76.4 cm³/mol. The van der Waals surface area contributed by atoms with E-state index in [-0.39, 0.29) is 11.9 Å². The van der Waals surface area contributed by atoms with Crippen LogP contribution >= 0.6 is 0 Å². The quantitative estimate of drug-likeness (QED) is 0.776. The summed E-state index contributed by atoms with van der Waals surface area (Å²) >= 11 is 0. The van der Waals surface area contributed by atoms with E-state index in [2.05, 4.69) is 11.4 Å². The van der Waals surface area contributed by atoms with Crippen molar-refractivity contribution in [2.24, 2.45) is 11.8 Å². The zero-order valence-corrected chi connectivity index (χ0v) is 12.1. The molecule has 1 fully saturated rings. The number of likely N-dealkylation sites (tertiary alicyclic amines) is 1. The summed E-state index contributed by atoms with van der Waals surface area (Å²) in [6.45, 7) is 3.39. The van der Waals surface area contributed by atoms with Gasteiger partial charge in [0.2, 0.25) is 0 Å². The molecule has 1 saturated heterocycles. The number of carbonyl (C=O) groups is 2. The van der Waals surface area contributed by atoms with Gasteiger partial charge in [-0.15, -0.1) is 0 Å². The van der Waals surface area contributed by atoms with E-state index in [0.29, 0.717) is 19.6 Å². The smallest absolute Gasteiger partial charge is 0.317 e. The van der Waals surface area contributed by atoms with Crippen molar-refractivity contribution in [2.75, 3.05) is 19.6 Å². The largest absolute Gasteiger partial charge is 0.481 e. The highest BCUT2D eigenvalue weighted by molar-refractivity contribution is 5.77. The first kappa shape index (κ1) is 14.9. The molecule has 5 heteroatoms. The lowest BCUT2D eigenvalue weighted by atomic mass is 9.97. The maximum Gasteiger partial charge on any atom is 0.317 e. The van der Waals surface area contributed by atoms with Crippen molar-refractivity contribution in [3.05, 3.63) is 11.6 Å². The van der Waals surface area contributed by atoms with Crippen molar-refractivity contribution in [2.45, 2.75) is 39.0 Å². The maximum atomic E-state index is 12.0. The Morgan fingerprint density at radius 2 is 2.20 bits per heavy atom. The summed E-state index contributed by atoms with van der Waals surface area (Å²) in [4.78, 5) is 24.7. The minimum atomic E-state index is -0.805. The van der Waals surface area contributed by atoms with Crippen LogP contribution in [0.5, 0.6) is 0 Å². The highest BCUT2D eigenvalue weighted by Gasteiger charge is 2.36. The minimum Gasteiger partial charge on any atom is -0.481 e. The molecule has 2 N–H and O–H groups in total. The monoisotopic (exact) mass is 280 g/mol. The summed E-state index contributed by atoms with van der Waals surface area (Å²) < 4.78 is 0. The molecule has 2 rings (SSSR count). The second-order valence-corrected chi connectivity index (χ2v) is 5.92. The molecule has 20 heavy (non-hydrogen) atoms. The maximum absolute atomic E-state index is 12.0. The zero-order chi connectivity index (χ0) is 14.5. The van der Waals surface area contributed by atoms with Crippen LogP contribution in [0.3, 0.4) is 0 Å². The third-order valence-electron chi connectivity index (χ3n) is 4.32. The Kier molecular flexibility index (Phi) is 5.04. The van der Waals surface area contributed by atoms with E-state index in [4.69, 9.17) is 5.11 Å². The van der Waals surface area contributed by atoms with Crippen LogP contribution < -0.4 is 5.32 Å². The lowest BCUT2D eigenvalue weighted by Crippen LogP contribution is -2.39. The fourth-order valence-corrected chi connectivity index (χ4v) is 3.03. The number of urea groups is 1. The highest BCUT2D eigenvalue weighted by Crippen LogP contribution is 2.23. The number of amides is 2. The van der Waals surface area contributed by atoms with Crippen LogP contribution in [0.2, 0.25) is 0 Å². The molecule has 5 nitrogen and oxygen atoms in total. The van der Waals surface area contributed by atoms with Gasteiger partial charge < -0.3 is 15.3 Å². The van der Waals surface area contributed by atoms with Crippen molar-refractivity contribution in [1.82, 2.24) is 10.2 Å². The Hall–Kier alpha value is -1.52. The Morgan fingerprint density at radius 3 is 2.80 bits per heavy atom. The average Bonchev–Trinajstić information content (AvgIpc) is 2.82. The molecule has 0 aromatic carbocycles. The summed E-state index contributed by atoms with van der Waals surface area (Å²) in [5.41, 5.74) is 1.44. The third-order valence-corrected chi connectivity index (χ3v) is 4.32. The van der Waals surface area contributed by atoms with E-state index in [1.54, 1.807) is 4.90 Å². The summed E-state index contributed by atoms with van der Waals surface area (Å²) in [6, 6.07) is -0.128. The van der Waals surface area contributed by atoms with Gasteiger partial charge in [-0.1, -0.05) is 18.6 Å². The predicted octanol–water partition coefficient (Wildman–Crippen LogP) is 2.24. The second-order valence-electron chi connectivity index (χ2n) is 5.92. The number of aliphatic carboxylic acids is 1. The second kappa shape index (κ2) is 6.77. The summed E-state index contributed by atoms with van der Waals surface area (Å²) in [7, 11) is 0. The van der Waals surface area contributed by atoms with Crippen molar-refractivity contribution in [3.63, 3.8) is 0 Å². The molecule has 2 amide bonds. The first-order chi connectivity index (χ1) is 9.58. The molecule has 112 valence electrons. The van der Waals surface area contributed by atoms with Crippen LogP contribution in [0.25, 0.3) is 0 Å². The number of carboxylic acid groups (broad SMARTS) is 1. The van der Waals surface area contributed by atoms with Crippen LogP contribution in [0.1, 0.15) is 39.0 Å². The fraction of sp³-hybridized carbons (Fsp3) is 0.733. The number of hydrogen-bond acceptors (Lipinski definition) is 2. The molecule has 1 aliphatic heterocycles. The van der Waals surface area contributed by atoms with Gasteiger partial charge in [-0.2, -0.15) is 0 Å². The SMILES string of the molecule is C[C@@H]1CN(C(=O)NCCC2=CCCCC2)C[C@H]1C(=O)O. The molecule has 2 atom stereocenters. The molecule has 2 aliphatic rings. The van der Waals surface area contributed by atoms with Crippen molar-refractivity contribution >= 4 is 12.0 Å². The minimum absolute atomic E-state index is 0.0271. The average molecular weight is 280 g/mol. The molecule has 0 bridgehead atoms. The number of carboxylic acids is 1. The molecule has 0 aromatic heterocycles. The van der Waals surface area contributed by atoms with Gasteiger partial charge in [-0.3, -0.25) is 4.79 Å². The van der Waals surface area contributed by atoms with Crippen molar-refractivity contribution in [1.29, 1.82) is 0 Å². The van der Waals surface area contributed by atoms with Crippen LogP contribution in [0, 0.1) is 11.8 Å². The lowest BCUT2D eigenvalue weighted by Gasteiger charge is -2.18. The van der Waals surface area contributed by atoms with E-state index >= 15 is 0 Å². The van der Waals surface area contributed by atoms with Gasteiger partial charge in [0.15, 0.2) is 0 Å². The van der Waals surface area contributed by atoms with Crippen LogP contribution in [0.4, 0.5) is 4.79 Å². The Bertz CT molecular complexity index is 406. The number of rotatable bonds is 4. The number of allylic oxidation sites excluding steroid dienone is 1. The Balaban J connectivity index is 1.72. The van der Waals surface area contributed by atoms with E-state index < -0.39 is 11.9 Å². The Morgan fingerprint density at radius 1 is 1.40 bits per heavy atom. The highest BCUT2D eigenvalue weighted by atomic mass is 16.4. The van der Waals surface area contributed by atoms with Gasteiger partial charge in [0.05, 0.1) is 5.92 Å². The summed E-state index contributed by atoms with van der Waals surface area (Å²) in [6.07, 6.45) is 8.04. The number of hydrogen-bond donors (Lipinski definition) is 2. The van der Waals surface area contributed by atoms with Gasteiger partial charge in [-0.25, -0.2) is 4.79 Å². The molecule has 0 spiro atoms. The summed E-state index contributed by atoms with van der Waals surface area (Å²) in [5.74, 6) is -1.21. The van der Waals surface area contributed by atoms with Crippen molar-refractivity contribution < 1.29 is 14.7 Å². The molecule has 0 unspecified atom stereocenters. The molecule has 0 aromatic rings. The van der Waals surface area contributed by atoms with E-state index in [1.807, 2.05) is 6.92 Å². The number of nitrogens with zero attached hydrogens (tertiary/aromatic N) is 1. The van der Waals surface area contributed by atoms with E-state index in [1.165, 1.54) is 18.4 Å². The van der Waals surface area contributed by atoms with Crippen LogP contribution in [-0.2, 0) is 4.79 Å².